The van der Waals surface area contributed by atoms with Crippen LogP contribution in [0.25, 0.3) is 0 Å². The number of hydrogen-bond donors (Lipinski definition) is 1. The van der Waals surface area contributed by atoms with Crippen molar-refractivity contribution in [3.63, 3.8) is 0 Å². The third kappa shape index (κ3) is 2.70. The Morgan fingerprint density at radius 3 is 3.35 bits per heavy atom. The normalized spacial score (nSPS) is 29.4. The van der Waals surface area contributed by atoms with Gasteiger partial charge < -0.3 is 14.5 Å². The van der Waals surface area contributed by atoms with Crippen molar-refractivity contribution in [1.29, 1.82) is 0 Å². The molecule has 2 aliphatic heterocycles. The van der Waals surface area contributed by atoms with Crippen LogP contribution in [0.3, 0.4) is 0 Å². The van der Waals surface area contributed by atoms with Crippen LogP contribution in [0.4, 0.5) is 0 Å². The molecule has 1 aromatic heterocycles. The molecule has 0 amide bonds. The first-order valence-corrected chi connectivity index (χ1v) is 6.50. The van der Waals surface area contributed by atoms with Gasteiger partial charge in [-0.1, -0.05) is 0 Å². The van der Waals surface area contributed by atoms with Gasteiger partial charge in [0.1, 0.15) is 5.76 Å². The molecule has 2 atom stereocenters. The van der Waals surface area contributed by atoms with Crippen molar-refractivity contribution in [3.8, 4) is 0 Å². The maximum Gasteiger partial charge on any atom is 0.117 e. The number of nitrogens with zero attached hydrogens (tertiary/aromatic N) is 1. The molecule has 2 unspecified atom stereocenters. The smallest absolute Gasteiger partial charge is 0.117 e. The van der Waals surface area contributed by atoms with Crippen LogP contribution in [-0.4, -0.2) is 43.3 Å². The predicted molar refractivity (Wildman–Crippen MR) is 64.7 cm³/mol. The summed E-state index contributed by atoms with van der Waals surface area (Å²) in [5.41, 5.74) is 0. The van der Waals surface area contributed by atoms with E-state index in [9.17, 15) is 0 Å². The SMILES string of the molecule is c1coc(CNCC2CN3CCCC3CO2)c1. The van der Waals surface area contributed by atoms with Gasteiger partial charge in [0.15, 0.2) is 0 Å². The van der Waals surface area contributed by atoms with Crippen molar-refractivity contribution < 1.29 is 9.15 Å². The first kappa shape index (κ1) is 11.3. The average molecular weight is 236 g/mol. The van der Waals surface area contributed by atoms with Gasteiger partial charge in [0.2, 0.25) is 0 Å². The van der Waals surface area contributed by atoms with Crippen LogP contribution >= 0.6 is 0 Å². The van der Waals surface area contributed by atoms with Crippen molar-refractivity contribution in [2.75, 3.05) is 26.2 Å². The van der Waals surface area contributed by atoms with E-state index in [0.717, 1.165) is 32.0 Å². The first-order chi connectivity index (χ1) is 8.42. The Balaban J connectivity index is 1.40. The van der Waals surface area contributed by atoms with E-state index in [1.54, 1.807) is 6.26 Å². The van der Waals surface area contributed by atoms with Crippen molar-refractivity contribution in [3.05, 3.63) is 24.2 Å². The molecule has 3 heterocycles. The maximum absolute atomic E-state index is 5.88. The Kier molecular flexibility index (Phi) is 3.45. The van der Waals surface area contributed by atoms with Crippen LogP contribution in [0.15, 0.2) is 22.8 Å². The fraction of sp³-hybridized carbons (Fsp3) is 0.692. The number of ether oxygens (including phenoxy) is 1. The van der Waals surface area contributed by atoms with E-state index in [1.165, 1.54) is 19.4 Å². The minimum absolute atomic E-state index is 0.333. The van der Waals surface area contributed by atoms with Crippen molar-refractivity contribution in [2.24, 2.45) is 0 Å². The van der Waals surface area contributed by atoms with Crippen LogP contribution in [0.1, 0.15) is 18.6 Å². The van der Waals surface area contributed by atoms with Gasteiger partial charge in [-0.05, 0) is 31.5 Å². The van der Waals surface area contributed by atoms with Gasteiger partial charge in [-0.15, -0.1) is 0 Å². The van der Waals surface area contributed by atoms with Gasteiger partial charge in [-0.25, -0.2) is 0 Å². The summed E-state index contributed by atoms with van der Waals surface area (Å²) in [5.74, 6) is 0.986. The zero-order valence-corrected chi connectivity index (χ0v) is 10.1. The molecule has 4 nitrogen and oxygen atoms in total. The third-order valence-corrected chi connectivity index (χ3v) is 3.71. The summed E-state index contributed by atoms with van der Waals surface area (Å²) >= 11 is 0. The summed E-state index contributed by atoms with van der Waals surface area (Å²) in [6.45, 7) is 4.94. The molecule has 2 saturated heterocycles. The summed E-state index contributed by atoms with van der Waals surface area (Å²) in [5, 5.41) is 3.39. The summed E-state index contributed by atoms with van der Waals surface area (Å²) in [6.07, 6.45) is 4.69. The van der Waals surface area contributed by atoms with Gasteiger partial charge in [0, 0.05) is 19.1 Å². The van der Waals surface area contributed by atoms with Crippen LogP contribution < -0.4 is 5.32 Å². The lowest BCUT2D eigenvalue weighted by Crippen LogP contribution is -2.49. The first-order valence-electron chi connectivity index (χ1n) is 6.50. The largest absolute Gasteiger partial charge is 0.468 e. The van der Waals surface area contributed by atoms with Gasteiger partial charge in [-0.3, -0.25) is 4.90 Å². The number of fused-ring (bicyclic) bond motifs is 1. The monoisotopic (exact) mass is 236 g/mol. The molecule has 0 aromatic carbocycles. The summed E-state index contributed by atoms with van der Waals surface area (Å²) in [6, 6.07) is 4.60. The molecule has 0 bridgehead atoms. The molecule has 1 N–H and O–H groups in total. The standard InChI is InChI=1S/C13H20N2O2/c1-3-11-10-17-13(9-15(11)5-1)8-14-7-12-4-2-6-16-12/h2,4,6,11,13-14H,1,3,5,7-10H2. The highest BCUT2D eigenvalue weighted by Crippen LogP contribution is 2.22. The Morgan fingerprint density at radius 2 is 2.47 bits per heavy atom. The van der Waals surface area contributed by atoms with Crippen LogP contribution in [0.5, 0.6) is 0 Å². The Morgan fingerprint density at radius 1 is 1.47 bits per heavy atom. The maximum atomic E-state index is 5.88. The lowest BCUT2D eigenvalue weighted by Gasteiger charge is -2.35. The van der Waals surface area contributed by atoms with Gasteiger partial charge >= 0.3 is 0 Å². The third-order valence-electron chi connectivity index (χ3n) is 3.71. The van der Waals surface area contributed by atoms with Crippen molar-refractivity contribution >= 4 is 0 Å². The van der Waals surface area contributed by atoms with Crippen molar-refractivity contribution in [2.45, 2.75) is 31.5 Å². The van der Waals surface area contributed by atoms with Gasteiger partial charge in [-0.2, -0.15) is 0 Å². The number of hydrogen-bond acceptors (Lipinski definition) is 4. The Bertz CT molecular complexity index is 339. The second kappa shape index (κ2) is 5.21. The van der Waals surface area contributed by atoms with Crippen molar-refractivity contribution in [1.82, 2.24) is 10.2 Å². The second-order valence-corrected chi connectivity index (χ2v) is 4.96. The van der Waals surface area contributed by atoms with Gasteiger partial charge in [0.25, 0.3) is 0 Å². The molecule has 2 fully saturated rings. The fourth-order valence-corrected chi connectivity index (χ4v) is 2.78. The molecule has 3 rings (SSSR count). The highest BCUT2D eigenvalue weighted by molar-refractivity contribution is 4.97. The molecule has 1 aromatic rings. The molecule has 0 aliphatic carbocycles. The van der Waals surface area contributed by atoms with E-state index in [0.29, 0.717) is 12.1 Å². The molecule has 2 aliphatic rings. The van der Waals surface area contributed by atoms with E-state index < -0.39 is 0 Å². The topological polar surface area (TPSA) is 37.6 Å². The quantitative estimate of drug-likeness (QED) is 0.853. The lowest BCUT2D eigenvalue weighted by molar-refractivity contribution is -0.0471. The molecule has 4 heteroatoms. The minimum atomic E-state index is 0.333. The molecule has 0 radical (unpaired) electrons. The Hall–Kier alpha value is -0.840. The summed E-state index contributed by atoms with van der Waals surface area (Å²) < 4.78 is 11.2. The van der Waals surface area contributed by atoms with Crippen LogP contribution in [-0.2, 0) is 11.3 Å². The average Bonchev–Trinajstić information content (AvgIpc) is 2.98. The number of rotatable bonds is 4. The molecule has 17 heavy (non-hydrogen) atoms. The van der Waals surface area contributed by atoms with E-state index >= 15 is 0 Å². The highest BCUT2D eigenvalue weighted by atomic mass is 16.5. The minimum Gasteiger partial charge on any atom is -0.468 e. The van der Waals surface area contributed by atoms with E-state index in [2.05, 4.69) is 10.2 Å². The van der Waals surface area contributed by atoms with Crippen LogP contribution in [0.2, 0.25) is 0 Å². The molecule has 0 spiro atoms. The molecular weight excluding hydrogens is 216 g/mol. The lowest BCUT2D eigenvalue weighted by atomic mass is 10.2. The van der Waals surface area contributed by atoms with E-state index in [1.807, 2.05) is 12.1 Å². The Labute approximate surface area is 102 Å². The second-order valence-electron chi connectivity index (χ2n) is 4.96. The summed E-state index contributed by atoms with van der Waals surface area (Å²) in [4.78, 5) is 2.57. The highest BCUT2D eigenvalue weighted by Gasteiger charge is 2.31. The zero-order chi connectivity index (χ0) is 11.5. The predicted octanol–water partition coefficient (Wildman–Crippen LogP) is 1.23. The number of furan rings is 1. The fourth-order valence-electron chi connectivity index (χ4n) is 2.78. The van der Waals surface area contributed by atoms with E-state index in [4.69, 9.17) is 9.15 Å². The summed E-state index contributed by atoms with van der Waals surface area (Å²) in [7, 11) is 0. The number of morpholine rings is 1. The molecule has 0 saturated carbocycles. The molecular formula is C13H20N2O2. The molecule has 94 valence electrons. The zero-order valence-electron chi connectivity index (χ0n) is 10.1. The number of nitrogens with one attached hydrogen (secondary N) is 1. The van der Waals surface area contributed by atoms with E-state index in [-0.39, 0.29) is 0 Å². The van der Waals surface area contributed by atoms with Gasteiger partial charge in [0.05, 0.1) is 25.5 Å². The van der Waals surface area contributed by atoms with Crippen LogP contribution in [0, 0.1) is 0 Å².